The van der Waals surface area contributed by atoms with E-state index in [4.69, 9.17) is 32.7 Å². The molecule has 3 aromatic rings. The molecule has 3 aromatic carbocycles. The van der Waals surface area contributed by atoms with E-state index in [1.54, 1.807) is 24.3 Å². The number of hydrogen-bond donors (Lipinski definition) is 2. The van der Waals surface area contributed by atoms with Gasteiger partial charge in [0.25, 0.3) is 5.91 Å². The molecule has 172 valence electrons. The predicted molar refractivity (Wildman–Crippen MR) is 129 cm³/mol. The lowest BCUT2D eigenvalue weighted by Crippen LogP contribution is -2.16. The van der Waals surface area contributed by atoms with E-state index in [-0.39, 0.29) is 28.5 Å². The molecule has 0 bridgehead atoms. The van der Waals surface area contributed by atoms with E-state index in [0.717, 1.165) is 5.56 Å². The summed E-state index contributed by atoms with van der Waals surface area (Å²) in [6.07, 6.45) is 1.32. The number of carbonyl (C=O) groups excluding carboxylic acids is 1. The summed E-state index contributed by atoms with van der Waals surface area (Å²) >= 11 is 12.3. The lowest BCUT2D eigenvalue weighted by atomic mass is 10.1. The van der Waals surface area contributed by atoms with Crippen molar-refractivity contribution in [2.24, 2.45) is 0 Å². The van der Waals surface area contributed by atoms with Crippen LogP contribution in [-0.2, 0) is 11.4 Å². The summed E-state index contributed by atoms with van der Waals surface area (Å²) in [7, 11) is 1.44. The molecule has 0 radical (unpaired) electrons. The van der Waals surface area contributed by atoms with Crippen LogP contribution in [0.15, 0.2) is 66.2 Å². The molecule has 0 aliphatic carbocycles. The van der Waals surface area contributed by atoms with Crippen LogP contribution in [-0.4, -0.2) is 24.1 Å². The summed E-state index contributed by atoms with van der Waals surface area (Å²) in [6.45, 7) is 0.220. The lowest BCUT2D eigenvalue weighted by Gasteiger charge is -2.14. The van der Waals surface area contributed by atoms with Crippen LogP contribution in [0.2, 0.25) is 10.0 Å². The zero-order valence-corrected chi connectivity index (χ0v) is 19.4. The molecule has 0 fully saturated rings. The van der Waals surface area contributed by atoms with Gasteiger partial charge >= 0.3 is 5.97 Å². The van der Waals surface area contributed by atoms with E-state index in [2.05, 4.69) is 5.32 Å². The number of nitriles is 1. The molecule has 2 N–H and O–H groups in total. The van der Waals surface area contributed by atoms with Crippen LogP contribution in [0.4, 0.5) is 5.69 Å². The Balaban J connectivity index is 1.84. The van der Waals surface area contributed by atoms with Gasteiger partial charge < -0.3 is 19.9 Å². The number of nitrogens with zero attached hydrogens (tertiary/aromatic N) is 1. The molecular weight excluding hydrogens is 479 g/mol. The monoisotopic (exact) mass is 496 g/mol. The quantitative estimate of drug-likeness (QED) is 0.300. The highest BCUT2D eigenvalue weighted by Crippen LogP contribution is 2.37. The Morgan fingerprint density at radius 3 is 2.47 bits per heavy atom. The van der Waals surface area contributed by atoms with Crippen LogP contribution in [0.3, 0.4) is 0 Å². The van der Waals surface area contributed by atoms with Crippen molar-refractivity contribution in [3.8, 4) is 17.6 Å². The van der Waals surface area contributed by atoms with Crippen molar-refractivity contribution in [3.63, 3.8) is 0 Å². The van der Waals surface area contributed by atoms with Gasteiger partial charge in [0.15, 0.2) is 11.5 Å². The largest absolute Gasteiger partial charge is 0.493 e. The highest BCUT2D eigenvalue weighted by Gasteiger charge is 2.17. The van der Waals surface area contributed by atoms with Gasteiger partial charge in [-0.25, -0.2) is 4.79 Å². The summed E-state index contributed by atoms with van der Waals surface area (Å²) in [5.41, 5.74) is 1.01. The number of halogens is 2. The number of hydrogen-bond acceptors (Lipinski definition) is 5. The molecule has 0 heterocycles. The zero-order valence-electron chi connectivity index (χ0n) is 17.8. The van der Waals surface area contributed by atoms with Crippen molar-refractivity contribution < 1.29 is 24.2 Å². The summed E-state index contributed by atoms with van der Waals surface area (Å²) in [6, 6.07) is 17.9. The fraction of sp³-hybridized carbons (Fsp3) is 0.0800. The number of carbonyl (C=O) groups is 2. The average molecular weight is 497 g/mol. The van der Waals surface area contributed by atoms with Crippen LogP contribution in [0.1, 0.15) is 21.5 Å². The number of para-hydroxylation sites is 1. The third kappa shape index (κ3) is 6.07. The number of carboxylic acid groups (broad SMARTS) is 1. The Labute approximate surface area is 205 Å². The maximum atomic E-state index is 12.6. The number of amides is 1. The Kier molecular flexibility index (Phi) is 8.14. The van der Waals surface area contributed by atoms with Crippen LogP contribution >= 0.6 is 23.2 Å². The fourth-order valence-electron chi connectivity index (χ4n) is 2.98. The molecule has 0 spiro atoms. The highest BCUT2D eigenvalue weighted by molar-refractivity contribution is 6.32. The number of methoxy groups -OCH3 is 1. The second-order valence-corrected chi connectivity index (χ2v) is 7.77. The van der Waals surface area contributed by atoms with Crippen molar-refractivity contribution >= 4 is 46.8 Å². The van der Waals surface area contributed by atoms with Crippen LogP contribution in [0.5, 0.6) is 11.5 Å². The van der Waals surface area contributed by atoms with Crippen molar-refractivity contribution in [3.05, 3.63) is 93.0 Å². The van der Waals surface area contributed by atoms with Crippen LogP contribution in [0, 0.1) is 11.3 Å². The topological polar surface area (TPSA) is 109 Å². The maximum Gasteiger partial charge on any atom is 0.337 e. The maximum absolute atomic E-state index is 12.6. The van der Waals surface area contributed by atoms with Gasteiger partial charge in [-0.05, 0) is 53.6 Å². The Bertz CT molecular complexity index is 1300. The Morgan fingerprint density at radius 2 is 1.82 bits per heavy atom. The third-order valence-corrected chi connectivity index (χ3v) is 5.16. The molecule has 0 aliphatic heterocycles. The molecule has 34 heavy (non-hydrogen) atoms. The van der Waals surface area contributed by atoms with E-state index in [1.165, 1.54) is 37.5 Å². The second-order valence-electron chi connectivity index (χ2n) is 6.92. The van der Waals surface area contributed by atoms with E-state index in [0.29, 0.717) is 22.1 Å². The number of ether oxygens (including phenoxy) is 2. The second kappa shape index (κ2) is 11.2. The highest BCUT2D eigenvalue weighted by atomic mass is 35.5. The number of nitrogens with one attached hydrogen (secondary N) is 1. The number of anilines is 1. The van der Waals surface area contributed by atoms with Gasteiger partial charge in [0.2, 0.25) is 0 Å². The van der Waals surface area contributed by atoms with Gasteiger partial charge in [-0.15, -0.1) is 0 Å². The first-order valence-corrected chi connectivity index (χ1v) is 10.6. The molecule has 0 saturated carbocycles. The van der Waals surface area contributed by atoms with Gasteiger partial charge in [-0.3, -0.25) is 4.79 Å². The minimum atomic E-state index is -1.20. The molecule has 0 unspecified atom stereocenters. The molecule has 1 amide bonds. The van der Waals surface area contributed by atoms with E-state index in [9.17, 15) is 20.0 Å². The minimum Gasteiger partial charge on any atom is -0.493 e. The first kappa shape index (κ1) is 24.6. The Hall–Kier alpha value is -3.99. The van der Waals surface area contributed by atoms with E-state index < -0.39 is 11.9 Å². The molecular formula is C25H18Cl2N2O5. The van der Waals surface area contributed by atoms with Crippen LogP contribution in [0.25, 0.3) is 6.08 Å². The molecule has 9 heteroatoms. The van der Waals surface area contributed by atoms with Crippen molar-refractivity contribution in [2.75, 3.05) is 12.4 Å². The standard InChI is InChI=1S/C25H18Cl2N2O5/c1-33-22-12-16(11-20(27)23(22)34-14-15-6-8-18(26)9-7-15)10-17(13-28)24(30)29-21-5-3-2-4-19(21)25(31)32/h2-12H,14H2,1H3,(H,29,30)(H,31,32)/b17-10+. The van der Waals surface area contributed by atoms with Gasteiger partial charge in [0.05, 0.1) is 23.4 Å². The number of benzene rings is 3. The first-order valence-electron chi connectivity index (χ1n) is 9.82. The van der Waals surface area contributed by atoms with Crippen molar-refractivity contribution in [1.82, 2.24) is 0 Å². The van der Waals surface area contributed by atoms with Gasteiger partial charge in [0, 0.05) is 5.02 Å². The SMILES string of the molecule is COc1cc(/C=C(\C#N)C(=O)Nc2ccccc2C(=O)O)cc(Cl)c1OCc1ccc(Cl)cc1. The third-order valence-electron chi connectivity index (χ3n) is 4.63. The lowest BCUT2D eigenvalue weighted by molar-refractivity contribution is -0.112. The smallest absolute Gasteiger partial charge is 0.337 e. The van der Waals surface area contributed by atoms with E-state index in [1.807, 2.05) is 18.2 Å². The average Bonchev–Trinajstić information content (AvgIpc) is 2.82. The number of carboxylic acids is 1. The van der Waals surface area contributed by atoms with Crippen LogP contribution < -0.4 is 14.8 Å². The molecule has 3 rings (SSSR count). The van der Waals surface area contributed by atoms with Crippen molar-refractivity contribution in [2.45, 2.75) is 6.61 Å². The van der Waals surface area contributed by atoms with Gasteiger partial charge in [-0.1, -0.05) is 47.5 Å². The summed E-state index contributed by atoms with van der Waals surface area (Å²) in [4.78, 5) is 24.0. The number of aromatic carboxylic acids is 1. The summed E-state index contributed by atoms with van der Waals surface area (Å²) in [5, 5.41) is 22.1. The molecule has 0 aromatic heterocycles. The predicted octanol–water partition coefficient (Wildman–Crippen LogP) is 5.82. The van der Waals surface area contributed by atoms with E-state index >= 15 is 0 Å². The zero-order chi connectivity index (χ0) is 24.7. The molecule has 7 nitrogen and oxygen atoms in total. The fourth-order valence-corrected chi connectivity index (χ4v) is 3.38. The number of rotatable bonds is 8. The van der Waals surface area contributed by atoms with Gasteiger partial charge in [-0.2, -0.15) is 5.26 Å². The molecule has 0 aliphatic rings. The first-order chi connectivity index (χ1) is 16.3. The normalized spacial score (nSPS) is 10.8. The minimum absolute atomic E-state index is 0.0720. The molecule has 0 saturated heterocycles. The Morgan fingerprint density at radius 1 is 1.12 bits per heavy atom. The summed E-state index contributed by atoms with van der Waals surface area (Å²) < 4.78 is 11.2. The van der Waals surface area contributed by atoms with Gasteiger partial charge in [0.1, 0.15) is 18.2 Å². The van der Waals surface area contributed by atoms with Crippen molar-refractivity contribution in [1.29, 1.82) is 5.26 Å². The molecule has 0 atom stereocenters. The summed E-state index contributed by atoms with van der Waals surface area (Å²) in [5.74, 6) is -1.37.